The summed E-state index contributed by atoms with van der Waals surface area (Å²) in [7, 11) is 0. The van der Waals surface area contributed by atoms with Crippen molar-refractivity contribution >= 4 is 0 Å². The van der Waals surface area contributed by atoms with E-state index in [0.717, 1.165) is 18.8 Å². The molecule has 4 heteroatoms. The van der Waals surface area contributed by atoms with E-state index < -0.39 is 0 Å². The minimum Gasteiger partial charge on any atom is -0.327 e. The van der Waals surface area contributed by atoms with Crippen molar-refractivity contribution in [2.24, 2.45) is 5.73 Å². The summed E-state index contributed by atoms with van der Waals surface area (Å²) in [5, 5.41) is 4.19. The van der Waals surface area contributed by atoms with Crippen LogP contribution in [-0.4, -0.2) is 20.8 Å². The van der Waals surface area contributed by atoms with Crippen LogP contribution in [0.3, 0.4) is 0 Å². The van der Waals surface area contributed by atoms with Crippen LogP contribution in [0.1, 0.15) is 44.3 Å². The summed E-state index contributed by atoms with van der Waals surface area (Å²) in [5.74, 6) is 1.51. The number of aryl methyl sites for hydroxylation is 1. The summed E-state index contributed by atoms with van der Waals surface area (Å²) < 4.78 is 1.97. The molecule has 2 rings (SSSR count). The zero-order chi connectivity index (χ0) is 9.97. The number of rotatable bonds is 2. The monoisotopic (exact) mass is 194 g/mol. The van der Waals surface area contributed by atoms with E-state index in [9.17, 15) is 0 Å². The summed E-state index contributed by atoms with van der Waals surface area (Å²) in [6.07, 6.45) is 6.47. The normalized spacial score (nSPS) is 27.9. The second kappa shape index (κ2) is 4.09. The average molecular weight is 194 g/mol. The van der Waals surface area contributed by atoms with E-state index >= 15 is 0 Å². The number of nitrogens with zero attached hydrogens (tertiary/aromatic N) is 3. The molecule has 0 bridgehead atoms. The fraction of sp³-hybridized carbons (Fsp3) is 0.800. The third kappa shape index (κ3) is 1.66. The molecule has 14 heavy (non-hydrogen) atoms. The lowest BCUT2D eigenvalue weighted by Crippen LogP contribution is -2.33. The second-order valence-electron chi connectivity index (χ2n) is 3.99. The summed E-state index contributed by atoms with van der Waals surface area (Å²) in [6, 6.07) is 0.276. The Hall–Kier alpha value is -0.900. The first-order valence-corrected chi connectivity index (χ1v) is 5.46. The molecule has 2 unspecified atom stereocenters. The fourth-order valence-corrected chi connectivity index (χ4v) is 2.28. The Kier molecular flexibility index (Phi) is 2.82. The third-order valence-electron chi connectivity index (χ3n) is 3.10. The molecule has 0 radical (unpaired) electrons. The van der Waals surface area contributed by atoms with Gasteiger partial charge in [-0.1, -0.05) is 12.8 Å². The molecule has 0 saturated heterocycles. The third-order valence-corrected chi connectivity index (χ3v) is 3.10. The first-order chi connectivity index (χ1) is 6.83. The fourth-order valence-electron chi connectivity index (χ4n) is 2.28. The van der Waals surface area contributed by atoms with Crippen LogP contribution in [0, 0.1) is 0 Å². The Morgan fingerprint density at radius 3 is 3.00 bits per heavy atom. The Bertz CT molecular complexity index is 294. The van der Waals surface area contributed by atoms with E-state index in [2.05, 4.69) is 17.0 Å². The maximum Gasteiger partial charge on any atom is 0.138 e. The summed E-state index contributed by atoms with van der Waals surface area (Å²) in [5.41, 5.74) is 6.11. The van der Waals surface area contributed by atoms with Gasteiger partial charge in [-0.3, -0.25) is 4.68 Å². The first-order valence-electron chi connectivity index (χ1n) is 5.46. The quantitative estimate of drug-likeness (QED) is 0.771. The van der Waals surface area contributed by atoms with Crippen molar-refractivity contribution in [1.29, 1.82) is 0 Å². The maximum atomic E-state index is 6.11. The van der Waals surface area contributed by atoms with Crippen LogP contribution < -0.4 is 5.73 Å². The van der Waals surface area contributed by atoms with Crippen LogP contribution in [0.25, 0.3) is 0 Å². The molecule has 1 aromatic rings. The molecule has 4 nitrogen and oxygen atoms in total. The van der Waals surface area contributed by atoms with E-state index in [1.165, 1.54) is 19.3 Å². The highest BCUT2D eigenvalue weighted by Gasteiger charge is 2.26. The molecule has 1 heterocycles. The highest BCUT2D eigenvalue weighted by Crippen LogP contribution is 2.30. The van der Waals surface area contributed by atoms with Gasteiger partial charge in [-0.05, 0) is 19.8 Å². The van der Waals surface area contributed by atoms with Crippen molar-refractivity contribution in [1.82, 2.24) is 14.8 Å². The molecule has 1 aliphatic rings. The summed E-state index contributed by atoms with van der Waals surface area (Å²) in [4.78, 5) is 4.33. The van der Waals surface area contributed by atoms with Crippen molar-refractivity contribution in [2.45, 2.75) is 51.1 Å². The molecule has 1 saturated carbocycles. The topological polar surface area (TPSA) is 56.7 Å². The van der Waals surface area contributed by atoms with Crippen molar-refractivity contribution in [3.8, 4) is 0 Å². The lowest BCUT2D eigenvalue weighted by molar-refractivity contribution is 0.360. The zero-order valence-corrected chi connectivity index (χ0v) is 8.69. The van der Waals surface area contributed by atoms with Crippen LogP contribution in [-0.2, 0) is 6.54 Å². The van der Waals surface area contributed by atoms with E-state index in [4.69, 9.17) is 5.73 Å². The van der Waals surface area contributed by atoms with Gasteiger partial charge < -0.3 is 5.73 Å². The van der Waals surface area contributed by atoms with Crippen LogP contribution in [0.4, 0.5) is 0 Å². The minimum absolute atomic E-state index is 0.276. The van der Waals surface area contributed by atoms with Crippen molar-refractivity contribution < 1.29 is 0 Å². The lowest BCUT2D eigenvalue weighted by atomic mass is 9.84. The van der Waals surface area contributed by atoms with Crippen LogP contribution in [0.2, 0.25) is 0 Å². The number of hydrogen-bond donors (Lipinski definition) is 1. The van der Waals surface area contributed by atoms with Gasteiger partial charge in [-0.2, -0.15) is 5.10 Å². The molecule has 0 aromatic carbocycles. The Morgan fingerprint density at radius 2 is 2.29 bits per heavy atom. The van der Waals surface area contributed by atoms with Gasteiger partial charge in [-0.15, -0.1) is 0 Å². The standard InChI is InChI=1S/C10H18N4/c1-2-14-10(12-7-13-14)8-5-3-4-6-9(8)11/h7-9H,2-6,11H2,1H3. The van der Waals surface area contributed by atoms with E-state index in [0.29, 0.717) is 5.92 Å². The van der Waals surface area contributed by atoms with E-state index in [-0.39, 0.29) is 6.04 Å². The van der Waals surface area contributed by atoms with Gasteiger partial charge in [0.25, 0.3) is 0 Å². The number of aromatic nitrogens is 3. The molecule has 0 amide bonds. The highest BCUT2D eigenvalue weighted by molar-refractivity contribution is 5.02. The molecule has 1 aromatic heterocycles. The molecule has 2 N–H and O–H groups in total. The molecular weight excluding hydrogens is 176 g/mol. The largest absolute Gasteiger partial charge is 0.327 e. The Balaban J connectivity index is 2.20. The first kappa shape index (κ1) is 9.65. The predicted molar refractivity (Wildman–Crippen MR) is 54.9 cm³/mol. The molecular formula is C10H18N4. The second-order valence-corrected chi connectivity index (χ2v) is 3.99. The van der Waals surface area contributed by atoms with Gasteiger partial charge in [0.15, 0.2) is 0 Å². The summed E-state index contributed by atoms with van der Waals surface area (Å²) in [6.45, 7) is 2.98. The smallest absolute Gasteiger partial charge is 0.138 e. The van der Waals surface area contributed by atoms with Gasteiger partial charge in [-0.25, -0.2) is 4.98 Å². The molecule has 2 atom stereocenters. The molecule has 1 fully saturated rings. The van der Waals surface area contributed by atoms with Crippen LogP contribution in [0.15, 0.2) is 6.33 Å². The van der Waals surface area contributed by atoms with Crippen molar-refractivity contribution in [3.05, 3.63) is 12.2 Å². The lowest BCUT2D eigenvalue weighted by Gasteiger charge is -2.27. The Labute approximate surface area is 84.5 Å². The molecule has 0 aliphatic heterocycles. The number of nitrogens with two attached hydrogens (primary N) is 1. The maximum absolute atomic E-state index is 6.11. The SMILES string of the molecule is CCn1ncnc1C1CCCCC1N. The minimum atomic E-state index is 0.276. The van der Waals surface area contributed by atoms with Crippen molar-refractivity contribution in [2.75, 3.05) is 0 Å². The molecule has 1 aliphatic carbocycles. The predicted octanol–water partition coefficient (Wildman–Crippen LogP) is 1.28. The number of hydrogen-bond acceptors (Lipinski definition) is 3. The van der Waals surface area contributed by atoms with Crippen LogP contribution in [0.5, 0.6) is 0 Å². The van der Waals surface area contributed by atoms with Crippen molar-refractivity contribution in [3.63, 3.8) is 0 Å². The van der Waals surface area contributed by atoms with Gasteiger partial charge in [0, 0.05) is 18.5 Å². The van der Waals surface area contributed by atoms with E-state index in [1.54, 1.807) is 6.33 Å². The molecule has 78 valence electrons. The van der Waals surface area contributed by atoms with Crippen LogP contribution >= 0.6 is 0 Å². The van der Waals surface area contributed by atoms with Gasteiger partial charge in [0.05, 0.1) is 0 Å². The summed E-state index contributed by atoms with van der Waals surface area (Å²) >= 11 is 0. The average Bonchev–Trinajstić information content (AvgIpc) is 2.66. The van der Waals surface area contributed by atoms with Gasteiger partial charge in [0.2, 0.25) is 0 Å². The van der Waals surface area contributed by atoms with Gasteiger partial charge in [0.1, 0.15) is 12.2 Å². The highest BCUT2D eigenvalue weighted by atomic mass is 15.3. The zero-order valence-electron chi connectivity index (χ0n) is 8.69. The Morgan fingerprint density at radius 1 is 1.50 bits per heavy atom. The van der Waals surface area contributed by atoms with E-state index in [1.807, 2.05) is 4.68 Å². The molecule has 0 spiro atoms. The van der Waals surface area contributed by atoms with Gasteiger partial charge >= 0.3 is 0 Å².